The molecule has 1 fully saturated rings. The van der Waals surface area contributed by atoms with Crippen LogP contribution < -0.4 is 4.90 Å². The fourth-order valence-corrected chi connectivity index (χ4v) is 3.31. The molecule has 0 spiro atoms. The maximum absolute atomic E-state index is 12.4. The molecule has 1 aromatic carbocycles. The molecule has 1 amide bonds. The van der Waals surface area contributed by atoms with Crippen LogP contribution in [-0.4, -0.2) is 47.0 Å². The highest BCUT2D eigenvalue weighted by Gasteiger charge is 2.23. The standard InChI is InChI=1S/C19H23N5O/c1-22-13-18(21-14-22)19(25)23(2)12-16-7-9-24(10-8-16)17-5-3-15(11-20)4-6-17/h3-6,13-14,16H,7-10,12H2,1-2H3. The van der Waals surface area contributed by atoms with Gasteiger partial charge in [-0.05, 0) is 43.0 Å². The summed E-state index contributed by atoms with van der Waals surface area (Å²) in [4.78, 5) is 20.7. The van der Waals surface area contributed by atoms with Gasteiger partial charge in [-0.15, -0.1) is 0 Å². The Kier molecular flexibility index (Phi) is 5.03. The van der Waals surface area contributed by atoms with Crippen molar-refractivity contribution in [2.45, 2.75) is 12.8 Å². The SMILES string of the molecule is CN(CC1CCN(c2ccc(C#N)cc2)CC1)C(=O)c1cn(C)cn1. The first-order valence-corrected chi connectivity index (χ1v) is 8.55. The first-order chi connectivity index (χ1) is 12.1. The minimum Gasteiger partial charge on any atom is -0.372 e. The summed E-state index contributed by atoms with van der Waals surface area (Å²) in [5.74, 6) is 0.488. The average molecular weight is 337 g/mol. The molecule has 0 aliphatic carbocycles. The number of anilines is 1. The van der Waals surface area contributed by atoms with Gasteiger partial charge in [-0.1, -0.05) is 0 Å². The number of hydrogen-bond donors (Lipinski definition) is 0. The van der Waals surface area contributed by atoms with Crippen LogP contribution in [-0.2, 0) is 7.05 Å². The molecule has 0 atom stereocenters. The molecule has 1 aliphatic heterocycles. The van der Waals surface area contributed by atoms with Gasteiger partial charge in [0.25, 0.3) is 5.91 Å². The first-order valence-electron chi connectivity index (χ1n) is 8.55. The normalized spacial score (nSPS) is 15.0. The van der Waals surface area contributed by atoms with E-state index >= 15 is 0 Å². The third-order valence-electron chi connectivity index (χ3n) is 4.78. The Morgan fingerprint density at radius 2 is 2.00 bits per heavy atom. The Labute approximate surface area is 148 Å². The molecule has 0 N–H and O–H groups in total. The lowest BCUT2D eigenvalue weighted by molar-refractivity contribution is 0.0759. The van der Waals surface area contributed by atoms with Gasteiger partial charge < -0.3 is 14.4 Å². The van der Waals surface area contributed by atoms with Gasteiger partial charge in [0.2, 0.25) is 0 Å². The minimum atomic E-state index is -0.0184. The number of hydrogen-bond acceptors (Lipinski definition) is 4. The van der Waals surface area contributed by atoms with Gasteiger partial charge in [-0.25, -0.2) is 4.98 Å². The van der Waals surface area contributed by atoms with Gasteiger partial charge in [0.05, 0.1) is 18.0 Å². The van der Waals surface area contributed by atoms with Crippen LogP contribution in [0.2, 0.25) is 0 Å². The van der Waals surface area contributed by atoms with E-state index in [4.69, 9.17) is 5.26 Å². The molecule has 25 heavy (non-hydrogen) atoms. The van der Waals surface area contributed by atoms with E-state index in [1.807, 2.05) is 38.4 Å². The number of nitriles is 1. The summed E-state index contributed by atoms with van der Waals surface area (Å²) in [6.45, 7) is 2.71. The number of aryl methyl sites for hydroxylation is 1. The van der Waals surface area contributed by atoms with Crippen LogP contribution in [0.4, 0.5) is 5.69 Å². The number of piperidine rings is 1. The van der Waals surface area contributed by atoms with Crippen LogP contribution in [0.15, 0.2) is 36.8 Å². The fraction of sp³-hybridized carbons (Fsp3) is 0.421. The maximum Gasteiger partial charge on any atom is 0.273 e. The molecule has 1 saturated heterocycles. The van der Waals surface area contributed by atoms with Crippen LogP contribution in [0, 0.1) is 17.2 Å². The lowest BCUT2D eigenvalue weighted by Gasteiger charge is -2.35. The first kappa shape index (κ1) is 17.0. The zero-order chi connectivity index (χ0) is 17.8. The zero-order valence-corrected chi connectivity index (χ0v) is 14.7. The Hall–Kier alpha value is -2.81. The summed E-state index contributed by atoms with van der Waals surface area (Å²) in [7, 11) is 3.71. The van der Waals surface area contributed by atoms with Crippen LogP contribution >= 0.6 is 0 Å². The second-order valence-electron chi connectivity index (χ2n) is 6.70. The van der Waals surface area contributed by atoms with Gasteiger partial charge in [0.15, 0.2) is 0 Å². The maximum atomic E-state index is 12.4. The number of carbonyl (C=O) groups is 1. The highest BCUT2D eigenvalue weighted by Crippen LogP contribution is 2.24. The van der Waals surface area contributed by atoms with Gasteiger partial charge >= 0.3 is 0 Å². The van der Waals surface area contributed by atoms with E-state index in [9.17, 15) is 4.79 Å². The van der Waals surface area contributed by atoms with Crippen molar-refractivity contribution in [2.75, 3.05) is 31.6 Å². The Morgan fingerprint density at radius 1 is 1.32 bits per heavy atom. The summed E-state index contributed by atoms with van der Waals surface area (Å²) in [5.41, 5.74) is 2.35. The molecule has 130 valence electrons. The van der Waals surface area contributed by atoms with Crippen molar-refractivity contribution in [1.29, 1.82) is 5.26 Å². The Balaban J connectivity index is 1.51. The number of carbonyl (C=O) groups excluding carboxylic acids is 1. The highest BCUT2D eigenvalue weighted by atomic mass is 16.2. The fourth-order valence-electron chi connectivity index (χ4n) is 3.31. The van der Waals surface area contributed by atoms with Gasteiger partial charge in [0, 0.05) is 45.6 Å². The van der Waals surface area contributed by atoms with E-state index in [1.165, 1.54) is 0 Å². The summed E-state index contributed by atoms with van der Waals surface area (Å²) in [6.07, 6.45) is 5.52. The summed E-state index contributed by atoms with van der Waals surface area (Å²) in [5, 5.41) is 8.88. The quantitative estimate of drug-likeness (QED) is 0.858. The number of rotatable bonds is 4. The van der Waals surface area contributed by atoms with Crippen LogP contribution in [0.5, 0.6) is 0 Å². The van der Waals surface area contributed by atoms with E-state index in [2.05, 4.69) is 16.0 Å². The smallest absolute Gasteiger partial charge is 0.273 e. The van der Waals surface area contributed by atoms with Crippen molar-refractivity contribution in [2.24, 2.45) is 13.0 Å². The predicted molar refractivity (Wildman–Crippen MR) is 96.3 cm³/mol. The minimum absolute atomic E-state index is 0.0184. The molecule has 3 rings (SSSR count). The molecular formula is C19H23N5O. The zero-order valence-electron chi connectivity index (χ0n) is 14.7. The topological polar surface area (TPSA) is 65.2 Å². The molecule has 0 radical (unpaired) electrons. The van der Waals surface area contributed by atoms with E-state index < -0.39 is 0 Å². The van der Waals surface area contributed by atoms with Crippen molar-refractivity contribution in [3.63, 3.8) is 0 Å². The molecule has 6 nitrogen and oxygen atoms in total. The third-order valence-corrected chi connectivity index (χ3v) is 4.78. The molecule has 2 aromatic rings. The second-order valence-corrected chi connectivity index (χ2v) is 6.70. The van der Waals surface area contributed by atoms with Crippen molar-refractivity contribution >= 4 is 11.6 Å². The monoisotopic (exact) mass is 337 g/mol. The molecular weight excluding hydrogens is 314 g/mol. The number of aromatic nitrogens is 2. The molecule has 0 bridgehead atoms. The van der Waals surface area contributed by atoms with Crippen LogP contribution in [0.1, 0.15) is 28.9 Å². The Bertz CT molecular complexity index is 766. The van der Waals surface area contributed by atoms with Crippen LogP contribution in [0.25, 0.3) is 0 Å². The van der Waals surface area contributed by atoms with E-state index in [0.717, 1.165) is 38.2 Å². The largest absolute Gasteiger partial charge is 0.372 e. The molecule has 6 heteroatoms. The third kappa shape index (κ3) is 4.00. The lowest BCUT2D eigenvalue weighted by Crippen LogP contribution is -2.39. The average Bonchev–Trinajstić information content (AvgIpc) is 3.08. The van der Waals surface area contributed by atoms with Crippen molar-refractivity contribution in [1.82, 2.24) is 14.5 Å². The van der Waals surface area contributed by atoms with Gasteiger partial charge in [-0.3, -0.25) is 4.79 Å². The number of nitrogens with zero attached hydrogens (tertiary/aromatic N) is 5. The Morgan fingerprint density at radius 3 is 2.56 bits per heavy atom. The predicted octanol–water partition coefficient (Wildman–Crippen LogP) is 2.28. The lowest BCUT2D eigenvalue weighted by atomic mass is 9.95. The summed E-state index contributed by atoms with van der Waals surface area (Å²) in [6, 6.07) is 9.89. The van der Waals surface area contributed by atoms with Crippen molar-refractivity contribution < 1.29 is 4.79 Å². The summed E-state index contributed by atoms with van der Waals surface area (Å²) >= 11 is 0. The van der Waals surface area contributed by atoms with Gasteiger partial charge in [-0.2, -0.15) is 5.26 Å². The summed E-state index contributed by atoms with van der Waals surface area (Å²) < 4.78 is 1.79. The number of amides is 1. The van der Waals surface area contributed by atoms with Crippen LogP contribution in [0.3, 0.4) is 0 Å². The van der Waals surface area contributed by atoms with Crippen molar-refractivity contribution in [3.05, 3.63) is 48.0 Å². The van der Waals surface area contributed by atoms with E-state index in [0.29, 0.717) is 17.2 Å². The van der Waals surface area contributed by atoms with E-state index in [1.54, 1.807) is 22.0 Å². The molecule has 2 heterocycles. The van der Waals surface area contributed by atoms with Gasteiger partial charge in [0.1, 0.15) is 5.69 Å². The second kappa shape index (κ2) is 7.39. The van der Waals surface area contributed by atoms with Crippen molar-refractivity contribution in [3.8, 4) is 6.07 Å². The molecule has 1 aromatic heterocycles. The highest BCUT2D eigenvalue weighted by molar-refractivity contribution is 5.91. The number of benzene rings is 1. The number of imidazole rings is 1. The molecule has 1 aliphatic rings. The van der Waals surface area contributed by atoms with E-state index in [-0.39, 0.29) is 5.91 Å². The molecule has 0 unspecified atom stereocenters. The molecule has 0 saturated carbocycles.